The summed E-state index contributed by atoms with van der Waals surface area (Å²) in [5, 5.41) is 7.42. The summed E-state index contributed by atoms with van der Waals surface area (Å²) in [6.45, 7) is 0. The normalized spacial score (nSPS) is 13.1. The zero-order chi connectivity index (χ0) is 15.8. The molecule has 3 aromatic rings. The van der Waals surface area contributed by atoms with Gasteiger partial charge in [0.1, 0.15) is 5.82 Å². The van der Waals surface area contributed by atoms with Gasteiger partial charge in [-0.2, -0.15) is 5.10 Å². The number of nitrogens with one attached hydrogen (secondary N) is 2. The predicted octanol–water partition coefficient (Wildman–Crippen LogP) is 2.55. The number of rotatable bonds is 2. The number of H-pyrrole nitrogens is 1. The molecule has 0 aliphatic heterocycles. The summed E-state index contributed by atoms with van der Waals surface area (Å²) in [5.41, 5.74) is 4.72. The monoisotopic (exact) mass is 307 g/mol. The van der Waals surface area contributed by atoms with Crippen molar-refractivity contribution in [3.63, 3.8) is 0 Å². The van der Waals surface area contributed by atoms with Crippen LogP contribution >= 0.6 is 0 Å². The molecule has 1 amide bonds. The molecule has 1 aliphatic rings. The smallest absolute Gasteiger partial charge is 0.259 e. The van der Waals surface area contributed by atoms with Crippen LogP contribution in [0.5, 0.6) is 0 Å². The van der Waals surface area contributed by atoms with E-state index in [0.717, 1.165) is 36.2 Å². The Morgan fingerprint density at radius 1 is 1.35 bits per heavy atom. The summed E-state index contributed by atoms with van der Waals surface area (Å²) in [5.74, 6) is 0.377. The van der Waals surface area contributed by atoms with Crippen LogP contribution in [0.4, 0.5) is 5.82 Å². The van der Waals surface area contributed by atoms with Crippen molar-refractivity contribution in [2.75, 3.05) is 5.32 Å². The van der Waals surface area contributed by atoms with E-state index in [1.807, 2.05) is 30.1 Å². The highest BCUT2D eigenvalue weighted by Gasteiger charge is 2.25. The fourth-order valence-corrected chi connectivity index (χ4v) is 3.12. The van der Waals surface area contributed by atoms with E-state index in [4.69, 9.17) is 0 Å². The number of hydrogen-bond donors (Lipinski definition) is 2. The number of carbonyl (C=O) groups is 1. The van der Waals surface area contributed by atoms with Gasteiger partial charge < -0.3 is 10.3 Å². The van der Waals surface area contributed by atoms with Gasteiger partial charge in [-0.1, -0.05) is 6.07 Å². The van der Waals surface area contributed by atoms with Gasteiger partial charge in [0.05, 0.1) is 11.3 Å². The Balaban J connectivity index is 1.75. The number of nitrogens with zero attached hydrogens (tertiary/aromatic N) is 3. The summed E-state index contributed by atoms with van der Waals surface area (Å²) in [6, 6.07) is 5.44. The van der Waals surface area contributed by atoms with Crippen molar-refractivity contribution in [2.45, 2.75) is 19.3 Å². The SMILES string of the molecule is Cn1cc2c(n1)-c1c(C(=O)Nc3ccccn3)c[nH]c1CCC2. The first-order valence-electron chi connectivity index (χ1n) is 7.68. The third-order valence-electron chi connectivity index (χ3n) is 4.13. The van der Waals surface area contributed by atoms with Crippen molar-refractivity contribution >= 4 is 11.7 Å². The summed E-state index contributed by atoms with van der Waals surface area (Å²) < 4.78 is 1.81. The zero-order valence-electron chi connectivity index (χ0n) is 12.8. The lowest BCUT2D eigenvalue weighted by Crippen LogP contribution is -2.13. The first-order chi connectivity index (χ1) is 11.2. The summed E-state index contributed by atoms with van der Waals surface area (Å²) in [6.07, 6.45) is 8.42. The second kappa shape index (κ2) is 5.39. The molecule has 0 unspecified atom stereocenters. The number of carbonyl (C=O) groups excluding carboxylic acids is 1. The highest BCUT2D eigenvalue weighted by Crippen LogP contribution is 2.34. The van der Waals surface area contributed by atoms with Gasteiger partial charge in [0.25, 0.3) is 5.91 Å². The molecule has 0 spiro atoms. The summed E-state index contributed by atoms with van der Waals surface area (Å²) in [7, 11) is 1.91. The Kier molecular flexibility index (Phi) is 3.22. The van der Waals surface area contributed by atoms with Crippen molar-refractivity contribution in [3.05, 3.63) is 53.6 Å². The molecule has 0 radical (unpaired) electrons. The van der Waals surface area contributed by atoms with Crippen molar-refractivity contribution in [1.82, 2.24) is 19.7 Å². The Morgan fingerprint density at radius 2 is 2.26 bits per heavy atom. The van der Waals surface area contributed by atoms with E-state index in [2.05, 4.69) is 20.4 Å². The Hall–Kier alpha value is -2.89. The van der Waals surface area contributed by atoms with E-state index in [1.54, 1.807) is 18.5 Å². The van der Waals surface area contributed by atoms with Gasteiger partial charge >= 0.3 is 0 Å². The zero-order valence-corrected chi connectivity index (χ0v) is 12.8. The van der Waals surface area contributed by atoms with E-state index in [0.29, 0.717) is 11.4 Å². The highest BCUT2D eigenvalue weighted by atomic mass is 16.1. The quantitative estimate of drug-likeness (QED) is 0.764. The van der Waals surface area contributed by atoms with Gasteiger partial charge in [0.15, 0.2) is 0 Å². The van der Waals surface area contributed by atoms with Crippen molar-refractivity contribution < 1.29 is 4.79 Å². The molecule has 1 aliphatic carbocycles. The van der Waals surface area contributed by atoms with Crippen LogP contribution in [-0.2, 0) is 19.9 Å². The lowest BCUT2D eigenvalue weighted by Gasteiger charge is -2.05. The number of anilines is 1. The molecule has 6 heteroatoms. The molecule has 3 aromatic heterocycles. The first kappa shape index (κ1) is 13.8. The van der Waals surface area contributed by atoms with Crippen molar-refractivity contribution in [2.24, 2.45) is 7.05 Å². The van der Waals surface area contributed by atoms with Crippen LogP contribution in [0, 0.1) is 0 Å². The lowest BCUT2D eigenvalue weighted by atomic mass is 10.0. The van der Waals surface area contributed by atoms with Crippen LogP contribution in [-0.4, -0.2) is 25.7 Å². The lowest BCUT2D eigenvalue weighted by molar-refractivity contribution is 0.102. The predicted molar refractivity (Wildman–Crippen MR) is 87.2 cm³/mol. The maximum Gasteiger partial charge on any atom is 0.259 e. The van der Waals surface area contributed by atoms with E-state index >= 15 is 0 Å². The van der Waals surface area contributed by atoms with Crippen LogP contribution in [0.1, 0.15) is 28.0 Å². The minimum absolute atomic E-state index is 0.167. The van der Waals surface area contributed by atoms with Crippen LogP contribution in [0.25, 0.3) is 11.3 Å². The molecule has 0 aromatic carbocycles. The number of fused-ring (bicyclic) bond motifs is 3. The average Bonchev–Trinajstić information content (AvgIpc) is 3.08. The van der Waals surface area contributed by atoms with Crippen LogP contribution in [0.3, 0.4) is 0 Å². The molecule has 3 heterocycles. The number of pyridine rings is 1. The number of aromatic nitrogens is 4. The van der Waals surface area contributed by atoms with Gasteiger partial charge in [-0.05, 0) is 37.0 Å². The van der Waals surface area contributed by atoms with Gasteiger partial charge in [0.2, 0.25) is 0 Å². The van der Waals surface area contributed by atoms with Crippen LogP contribution < -0.4 is 5.32 Å². The second-order valence-electron chi connectivity index (χ2n) is 5.76. The Labute approximate surface area is 133 Å². The van der Waals surface area contributed by atoms with E-state index in [-0.39, 0.29) is 5.91 Å². The molecule has 0 bridgehead atoms. The molecule has 23 heavy (non-hydrogen) atoms. The van der Waals surface area contributed by atoms with Gasteiger partial charge in [-0.15, -0.1) is 0 Å². The molecule has 4 rings (SSSR count). The molecule has 0 fully saturated rings. The molecule has 0 atom stereocenters. The van der Waals surface area contributed by atoms with Crippen molar-refractivity contribution in [1.29, 1.82) is 0 Å². The largest absolute Gasteiger partial charge is 0.364 e. The van der Waals surface area contributed by atoms with E-state index in [1.165, 1.54) is 5.56 Å². The molecular weight excluding hydrogens is 290 g/mol. The molecule has 6 nitrogen and oxygen atoms in total. The maximum absolute atomic E-state index is 12.7. The third-order valence-corrected chi connectivity index (χ3v) is 4.13. The standard InChI is InChI=1S/C17H17N5O/c1-22-10-11-5-4-6-13-15(16(11)21-22)12(9-19-13)17(23)20-14-7-2-3-8-18-14/h2-3,7-10,19H,4-6H2,1H3,(H,18,20,23). The Bertz CT molecular complexity index is 862. The van der Waals surface area contributed by atoms with E-state index in [9.17, 15) is 4.79 Å². The number of amides is 1. The third kappa shape index (κ3) is 2.42. The van der Waals surface area contributed by atoms with E-state index < -0.39 is 0 Å². The fraction of sp³-hybridized carbons (Fsp3) is 0.235. The molecule has 0 saturated carbocycles. The fourth-order valence-electron chi connectivity index (χ4n) is 3.12. The van der Waals surface area contributed by atoms with Crippen LogP contribution in [0.15, 0.2) is 36.8 Å². The molecule has 2 N–H and O–H groups in total. The van der Waals surface area contributed by atoms with Gasteiger partial charge in [0, 0.05) is 36.9 Å². The molecular formula is C17H17N5O. The summed E-state index contributed by atoms with van der Waals surface area (Å²) in [4.78, 5) is 20.1. The molecule has 116 valence electrons. The second-order valence-corrected chi connectivity index (χ2v) is 5.76. The van der Waals surface area contributed by atoms with Crippen molar-refractivity contribution in [3.8, 4) is 11.3 Å². The average molecular weight is 307 g/mol. The first-order valence-corrected chi connectivity index (χ1v) is 7.68. The number of hydrogen-bond acceptors (Lipinski definition) is 3. The minimum Gasteiger partial charge on any atom is -0.364 e. The minimum atomic E-state index is -0.167. The number of aryl methyl sites for hydroxylation is 3. The topological polar surface area (TPSA) is 75.6 Å². The van der Waals surface area contributed by atoms with Crippen LogP contribution in [0.2, 0.25) is 0 Å². The highest BCUT2D eigenvalue weighted by molar-refractivity contribution is 6.08. The summed E-state index contributed by atoms with van der Waals surface area (Å²) >= 11 is 0. The molecule has 0 saturated heterocycles. The van der Waals surface area contributed by atoms with Gasteiger partial charge in [-0.3, -0.25) is 9.48 Å². The maximum atomic E-state index is 12.7. The van der Waals surface area contributed by atoms with Gasteiger partial charge in [-0.25, -0.2) is 4.98 Å². The number of aromatic amines is 1. The Morgan fingerprint density at radius 3 is 3.09 bits per heavy atom.